The van der Waals surface area contributed by atoms with Gasteiger partial charge in [-0.1, -0.05) is 26.8 Å². The van der Waals surface area contributed by atoms with Gasteiger partial charge in [0.15, 0.2) is 0 Å². The monoisotopic (exact) mass is 209 g/mol. The van der Waals surface area contributed by atoms with Crippen molar-refractivity contribution in [1.82, 2.24) is 0 Å². The lowest BCUT2D eigenvalue weighted by Crippen LogP contribution is -2.14. The molecule has 0 fully saturated rings. The van der Waals surface area contributed by atoms with Crippen molar-refractivity contribution in [2.24, 2.45) is 0 Å². The van der Waals surface area contributed by atoms with E-state index in [2.05, 4.69) is 46.4 Å². The van der Waals surface area contributed by atoms with Crippen molar-refractivity contribution in [3.05, 3.63) is 29.3 Å². The van der Waals surface area contributed by atoms with E-state index in [4.69, 9.17) is 5.73 Å². The van der Waals surface area contributed by atoms with Gasteiger partial charge in [-0.2, -0.15) is 12.6 Å². The minimum atomic E-state index is 0.153. The van der Waals surface area contributed by atoms with E-state index < -0.39 is 0 Å². The van der Waals surface area contributed by atoms with E-state index in [9.17, 15) is 0 Å². The van der Waals surface area contributed by atoms with Crippen LogP contribution >= 0.6 is 12.6 Å². The smallest absolute Gasteiger partial charge is 0.0317 e. The van der Waals surface area contributed by atoms with Gasteiger partial charge < -0.3 is 5.73 Å². The third-order valence-electron chi connectivity index (χ3n) is 2.33. The molecule has 78 valence electrons. The third kappa shape index (κ3) is 2.44. The van der Waals surface area contributed by atoms with Crippen LogP contribution in [0.2, 0.25) is 0 Å². The zero-order chi connectivity index (χ0) is 10.9. The Bertz CT molecular complexity index is 324. The Morgan fingerprint density at radius 1 is 1.29 bits per heavy atom. The first-order chi connectivity index (χ1) is 6.32. The minimum Gasteiger partial charge on any atom is -0.399 e. The predicted octanol–water partition coefficient (Wildman–Crippen LogP) is 3.56. The number of nitrogens with two attached hydrogens (primary N) is 1. The summed E-state index contributed by atoms with van der Waals surface area (Å²) in [5.74, 6) is 0. The van der Waals surface area contributed by atoms with Crippen LogP contribution in [-0.2, 0) is 5.41 Å². The number of rotatable bonds is 1. The zero-order valence-electron chi connectivity index (χ0n) is 9.33. The lowest BCUT2D eigenvalue weighted by atomic mass is 9.83. The van der Waals surface area contributed by atoms with Gasteiger partial charge in [0, 0.05) is 10.9 Å². The number of hydrogen-bond donors (Lipinski definition) is 2. The molecular formula is C12H19NS. The van der Waals surface area contributed by atoms with Crippen LogP contribution in [0.3, 0.4) is 0 Å². The standard InChI is InChI=1S/C12H19NS/c1-8(14)10-7-9(13)5-6-11(10)12(2,3)4/h5-8,14H,13H2,1-4H3. The normalized spacial score (nSPS) is 14.1. The molecule has 0 saturated heterocycles. The first-order valence-electron chi connectivity index (χ1n) is 4.90. The van der Waals surface area contributed by atoms with Gasteiger partial charge in [0.2, 0.25) is 0 Å². The molecule has 2 N–H and O–H groups in total. The van der Waals surface area contributed by atoms with Gasteiger partial charge in [0.1, 0.15) is 0 Å². The fraction of sp³-hybridized carbons (Fsp3) is 0.500. The lowest BCUT2D eigenvalue weighted by molar-refractivity contribution is 0.583. The van der Waals surface area contributed by atoms with Crippen molar-refractivity contribution in [1.29, 1.82) is 0 Å². The van der Waals surface area contributed by atoms with Crippen LogP contribution < -0.4 is 5.73 Å². The number of anilines is 1. The molecule has 0 heterocycles. The highest BCUT2D eigenvalue weighted by atomic mass is 32.1. The van der Waals surface area contributed by atoms with E-state index in [1.54, 1.807) is 0 Å². The molecule has 0 amide bonds. The fourth-order valence-electron chi connectivity index (χ4n) is 1.61. The van der Waals surface area contributed by atoms with E-state index in [1.807, 2.05) is 12.1 Å². The summed E-state index contributed by atoms with van der Waals surface area (Å²) < 4.78 is 0. The number of hydrogen-bond acceptors (Lipinski definition) is 2. The van der Waals surface area contributed by atoms with Crippen LogP contribution in [0.4, 0.5) is 5.69 Å². The molecule has 0 radical (unpaired) electrons. The topological polar surface area (TPSA) is 26.0 Å². The second-order valence-electron chi connectivity index (χ2n) is 4.77. The number of benzene rings is 1. The fourth-order valence-corrected chi connectivity index (χ4v) is 1.82. The second kappa shape index (κ2) is 3.85. The van der Waals surface area contributed by atoms with Crippen molar-refractivity contribution in [3.8, 4) is 0 Å². The van der Waals surface area contributed by atoms with E-state index in [0.717, 1.165) is 5.69 Å². The molecule has 1 unspecified atom stereocenters. The van der Waals surface area contributed by atoms with Crippen LogP contribution in [-0.4, -0.2) is 0 Å². The molecule has 0 bridgehead atoms. The number of nitrogen functional groups attached to an aromatic ring is 1. The Labute approximate surface area is 92.1 Å². The maximum atomic E-state index is 5.77. The molecule has 14 heavy (non-hydrogen) atoms. The maximum Gasteiger partial charge on any atom is 0.0317 e. The van der Waals surface area contributed by atoms with E-state index in [0.29, 0.717) is 0 Å². The second-order valence-corrected chi connectivity index (χ2v) is 5.55. The molecule has 2 heteroatoms. The maximum absolute atomic E-state index is 5.77. The summed E-state index contributed by atoms with van der Waals surface area (Å²) in [6, 6.07) is 6.09. The first-order valence-corrected chi connectivity index (χ1v) is 5.42. The Kier molecular flexibility index (Phi) is 3.15. The van der Waals surface area contributed by atoms with Crippen LogP contribution in [0.15, 0.2) is 18.2 Å². The van der Waals surface area contributed by atoms with E-state index in [1.165, 1.54) is 11.1 Å². The van der Waals surface area contributed by atoms with Gasteiger partial charge in [0.05, 0.1) is 0 Å². The highest BCUT2D eigenvalue weighted by Gasteiger charge is 2.19. The number of thiol groups is 1. The van der Waals surface area contributed by atoms with Gasteiger partial charge in [-0.15, -0.1) is 0 Å². The van der Waals surface area contributed by atoms with Crippen molar-refractivity contribution >= 4 is 18.3 Å². The lowest BCUT2D eigenvalue weighted by Gasteiger charge is -2.24. The summed E-state index contributed by atoms with van der Waals surface area (Å²) in [7, 11) is 0. The minimum absolute atomic E-state index is 0.153. The quantitative estimate of drug-likeness (QED) is 0.537. The molecule has 0 aromatic heterocycles. The summed E-state index contributed by atoms with van der Waals surface area (Å²) in [6.07, 6.45) is 0. The van der Waals surface area contributed by atoms with Gasteiger partial charge in [-0.3, -0.25) is 0 Å². The molecule has 1 atom stereocenters. The van der Waals surface area contributed by atoms with Gasteiger partial charge >= 0.3 is 0 Å². The summed E-state index contributed by atoms with van der Waals surface area (Å²) in [5, 5.41) is 0.229. The molecule has 1 aromatic carbocycles. The van der Waals surface area contributed by atoms with Crippen molar-refractivity contribution < 1.29 is 0 Å². The zero-order valence-corrected chi connectivity index (χ0v) is 10.2. The molecule has 0 aliphatic carbocycles. The molecule has 0 aliphatic rings. The Morgan fingerprint density at radius 3 is 2.29 bits per heavy atom. The molecule has 1 nitrogen and oxygen atoms in total. The third-order valence-corrected chi connectivity index (χ3v) is 2.61. The van der Waals surface area contributed by atoms with Gasteiger partial charge in [-0.05, 0) is 35.6 Å². The van der Waals surface area contributed by atoms with Crippen molar-refractivity contribution in [2.45, 2.75) is 38.4 Å². The molecular weight excluding hydrogens is 190 g/mol. The molecule has 1 rings (SSSR count). The highest BCUT2D eigenvalue weighted by Crippen LogP contribution is 2.33. The SMILES string of the molecule is CC(S)c1cc(N)ccc1C(C)(C)C. The molecule has 0 aliphatic heterocycles. The Balaban J connectivity index is 3.29. The van der Waals surface area contributed by atoms with Gasteiger partial charge in [0.25, 0.3) is 0 Å². The Hall–Kier alpha value is -0.630. The van der Waals surface area contributed by atoms with E-state index >= 15 is 0 Å². The summed E-state index contributed by atoms with van der Waals surface area (Å²) in [4.78, 5) is 0. The Morgan fingerprint density at radius 2 is 1.86 bits per heavy atom. The van der Waals surface area contributed by atoms with Crippen LogP contribution in [0.5, 0.6) is 0 Å². The largest absolute Gasteiger partial charge is 0.399 e. The highest BCUT2D eigenvalue weighted by molar-refractivity contribution is 7.80. The molecule has 0 spiro atoms. The summed E-state index contributed by atoms with van der Waals surface area (Å²) >= 11 is 4.48. The average Bonchev–Trinajstić information content (AvgIpc) is 2.01. The van der Waals surface area contributed by atoms with Crippen molar-refractivity contribution in [2.75, 3.05) is 5.73 Å². The van der Waals surface area contributed by atoms with Crippen LogP contribution in [0.25, 0.3) is 0 Å². The summed E-state index contributed by atoms with van der Waals surface area (Å²) in [6.45, 7) is 8.70. The van der Waals surface area contributed by atoms with Crippen LogP contribution in [0.1, 0.15) is 44.1 Å². The molecule has 0 saturated carbocycles. The molecule has 1 aromatic rings. The average molecular weight is 209 g/mol. The van der Waals surface area contributed by atoms with Crippen molar-refractivity contribution in [3.63, 3.8) is 0 Å². The first kappa shape index (κ1) is 11.4. The van der Waals surface area contributed by atoms with Crippen LogP contribution in [0, 0.1) is 0 Å². The predicted molar refractivity (Wildman–Crippen MR) is 67.0 cm³/mol. The van der Waals surface area contributed by atoms with E-state index in [-0.39, 0.29) is 10.7 Å². The summed E-state index contributed by atoms with van der Waals surface area (Å²) in [5.41, 5.74) is 9.31. The van der Waals surface area contributed by atoms with Gasteiger partial charge in [-0.25, -0.2) is 0 Å².